The summed E-state index contributed by atoms with van der Waals surface area (Å²) in [6, 6.07) is 2.58. The molecule has 1 aromatic rings. The van der Waals surface area contributed by atoms with E-state index in [0.29, 0.717) is 12.6 Å². The molecule has 0 aliphatic rings. The number of benzene rings is 1. The van der Waals surface area contributed by atoms with E-state index in [1.165, 1.54) is 12.1 Å². The Balaban J connectivity index is 3.54. The lowest BCUT2D eigenvalue weighted by molar-refractivity contribution is -0.385. The van der Waals surface area contributed by atoms with Crippen molar-refractivity contribution in [2.24, 2.45) is 0 Å². The van der Waals surface area contributed by atoms with Gasteiger partial charge in [0.25, 0.3) is 5.69 Å². The molecule has 0 aromatic heterocycles. The molecule has 0 unspecified atom stereocenters. The SMILES string of the molecule is O=Cc1ccc(C=O)c([N+](=O)[O-])c1Br. The Bertz CT molecular complexity index is 416. The highest BCUT2D eigenvalue weighted by Gasteiger charge is 2.20. The van der Waals surface area contributed by atoms with Gasteiger partial charge in [0.2, 0.25) is 0 Å². The predicted molar refractivity (Wildman–Crippen MR) is 51.6 cm³/mol. The quantitative estimate of drug-likeness (QED) is 0.471. The monoisotopic (exact) mass is 257 g/mol. The van der Waals surface area contributed by atoms with Gasteiger partial charge in [0.05, 0.1) is 10.5 Å². The first-order chi connectivity index (χ1) is 6.61. The van der Waals surface area contributed by atoms with Crippen LogP contribution in [0.4, 0.5) is 5.69 Å². The Kier molecular flexibility index (Phi) is 3.08. The van der Waals surface area contributed by atoms with Crippen molar-refractivity contribution in [2.75, 3.05) is 0 Å². The molecule has 0 fully saturated rings. The summed E-state index contributed by atoms with van der Waals surface area (Å²) in [5.74, 6) is 0. The van der Waals surface area contributed by atoms with Crippen molar-refractivity contribution < 1.29 is 14.5 Å². The highest BCUT2D eigenvalue weighted by atomic mass is 79.9. The van der Waals surface area contributed by atoms with Crippen LogP contribution in [0.25, 0.3) is 0 Å². The molecule has 6 heteroatoms. The molecular weight excluding hydrogens is 254 g/mol. The second-order valence-electron chi connectivity index (χ2n) is 2.40. The number of nitro groups is 1. The van der Waals surface area contributed by atoms with Crippen molar-refractivity contribution in [3.63, 3.8) is 0 Å². The summed E-state index contributed by atoms with van der Waals surface area (Å²) in [5, 5.41) is 10.6. The van der Waals surface area contributed by atoms with E-state index in [1.807, 2.05) is 0 Å². The smallest absolute Gasteiger partial charge is 0.294 e. The van der Waals surface area contributed by atoms with Crippen LogP contribution in [0.15, 0.2) is 16.6 Å². The second kappa shape index (κ2) is 4.10. The molecule has 0 aliphatic carbocycles. The molecule has 0 bridgehead atoms. The number of hydrogen-bond acceptors (Lipinski definition) is 4. The minimum Gasteiger partial charge on any atom is -0.298 e. The molecule has 0 spiro atoms. The van der Waals surface area contributed by atoms with Crippen molar-refractivity contribution in [2.45, 2.75) is 0 Å². The van der Waals surface area contributed by atoms with E-state index in [-0.39, 0.29) is 21.3 Å². The number of hydrogen-bond donors (Lipinski definition) is 0. The van der Waals surface area contributed by atoms with Gasteiger partial charge in [0.1, 0.15) is 4.47 Å². The predicted octanol–water partition coefficient (Wildman–Crippen LogP) is 1.98. The highest BCUT2D eigenvalue weighted by molar-refractivity contribution is 9.10. The summed E-state index contributed by atoms with van der Waals surface area (Å²) < 4.78 is 0.0297. The van der Waals surface area contributed by atoms with Crippen LogP contribution in [-0.4, -0.2) is 17.5 Å². The number of carbonyl (C=O) groups excluding carboxylic acids is 2. The molecule has 1 aromatic carbocycles. The lowest BCUT2D eigenvalue weighted by atomic mass is 10.1. The molecular formula is C8H4BrNO4. The van der Waals surface area contributed by atoms with Gasteiger partial charge in [-0.3, -0.25) is 19.7 Å². The van der Waals surface area contributed by atoms with Gasteiger partial charge in [0.15, 0.2) is 12.6 Å². The van der Waals surface area contributed by atoms with E-state index in [1.54, 1.807) is 0 Å². The number of rotatable bonds is 3. The molecule has 14 heavy (non-hydrogen) atoms. The maximum Gasteiger partial charge on any atom is 0.294 e. The first kappa shape index (κ1) is 10.5. The molecule has 0 saturated heterocycles. The van der Waals surface area contributed by atoms with Gasteiger partial charge in [-0.05, 0) is 28.1 Å². The van der Waals surface area contributed by atoms with Crippen LogP contribution in [0.1, 0.15) is 20.7 Å². The van der Waals surface area contributed by atoms with Crippen LogP contribution in [0.3, 0.4) is 0 Å². The van der Waals surface area contributed by atoms with Gasteiger partial charge >= 0.3 is 0 Å². The second-order valence-corrected chi connectivity index (χ2v) is 3.19. The summed E-state index contributed by atoms with van der Waals surface area (Å²) in [6.07, 6.45) is 0.850. The zero-order valence-corrected chi connectivity index (χ0v) is 8.35. The lowest BCUT2D eigenvalue weighted by Crippen LogP contribution is -1.98. The fourth-order valence-electron chi connectivity index (χ4n) is 0.967. The summed E-state index contributed by atoms with van der Waals surface area (Å²) >= 11 is 2.90. The minimum absolute atomic E-state index is 0.0297. The minimum atomic E-state index is -0.708. The zero-order chi connectivity index (χ0) is 10.7. The van der Waals surface area contributed by atoms with Crippen LogP contribution in [0, 0.1) is 10.1 Å². The molecule has 0 amide bonds. The first-order valence-corrected chi connectivity index (χ1v) is 4.28. The van der Waals surface area contributed by atoms with E-state index in [4.69, 9.17) is 0 Å². The summed E-state index contributed by atoms with van der Waals surface area (Å²) in [6.45, 7) is 0. The molecule has 72 valence electrons. The number of aldehydes is 2. The van der Waals surface area contributed by atoms with Gasteiger partial charge in [-0.1, -0.05) is 0 Å². The summed E-state index contributed by atoms with van der Waals surface area (Å²) in [4.78, 5) is 30.8. The van der Waals surface area contributed by atoms with Crippen LogP contribution in [0.2, 0.25) is 0 Å². The van der Waals surface area contributed by atoms with Gasteiger partial charge in [-0.25, -0.2) is 0 Å². The van der Waals surface area contributed by atoms with Crippen molar-refractivity contribution in [1.29, 1.82) is 0 Å². The third kappa shape index (κ3) is 1.69. The van der Waals surface area contributed by atoms with Gasteiger partial charge < -0.3 is 0 Å². The van der Waals surface area contributed by atoms with E-state index >= 15 is 0 Å². The Labute approximate surface area is 87.0 Å². The van der Waals surface area contributed by atoms with Crippen LogP contribution < -0.4 is 0 Å². The Morgan fingerprint density at radius 3 is 2.14 bits per heavy atom. The van der Waals surface area contributed by atoms with Crippen LogP contribution >= 0.6 is 15.9 Å². The topological polar surface area (TPSA) is 77.3 Å². The lowest BCUT2D eigenvalue weighted by Gasteiger charge is -2.00. The first-order valence-electron chi connectivity index (χ1n) is 3.49. The van der Waals surface area contributed by atoms with E-state index in [0.717, 1.165) is 0 Å². The van der Waals surface area contributed by atoms with Crippen molar-refractivity contribution in [3.05, 3.63) is 37.8 Å². The van der Waals surface area contributed by atoms with E-state index in [9.17, 15) is 19.7 Å². The molecule has 0 aliphatic heterocycles. The molecule has 1 rings (SSSR count). The number of nitrogens with zero attached hydrogens (tertiary/aromatic N) is 1. The van der Waals surface area contributed by atoms with Crippen LogP contribution in [-0.2, 0) is 0 Å². The largest absolute Gasteiger partial charge is 0.298 e. The van der Waals surface area contributed by atoms with E-state index < -0.39 is 4.92 Å². The highest BCUT2D eigenvalue weighted by Crippen LogP contribution is 2.30. The van der Waals surface area contributed by atoms with Crippen molar-refractivity contribution in [1.82, 2.24) is 0 Å². The van der Waals surface area contributed by atoms with Crippen molar-refractivity contribution >= 4 is 34.2 Å². The zero-order valence-electron chi connectivity index (χ0n) is 6.77. The molecule has 0 saturated carbocycles. The number of halogens is 1. The molecule has 0 radical (unpaired) electrons. The standard InChI is InChI=1S/C8H4BrNO4/c9-7-5(3-11)1-2-6(4-12)8(7)10(13)14/h1-4H. The average molecular weight is 258 g/mol. The Hall–Kier alpha value is -1.56. The average Bonchev–Trinajstić information content (AvgIpc) is 2.16. The fraction of sp³-hybridized carbons (Fsp3) is 0. The Morgan fingerprint density at radius 1 is 1.21 bits per heavy atom. The number of carbonyl (C=O) groups is 2. The molecule has 0 atom stereocenters. The third-order valence-electron chi connectivity index (χ3n) is 1.61. The van der Waals surface area contributed by atoms with Crippen molar-refractivity contribution in [3.8, 4) is 0 Å². The molecule has 5 nitrogen and oxygen atoms in total. The molecule has 0 heterocycles. The third-order valence-corrected chi connectivity index (χ3v) is 2.45. The molecule has 0 N–H and O–H groups in total. The Morgan fingerprint density at radius 2 is 1.71 bits per heavy atom. The summed E-state index contributed by atoms with van der Waals surface area (Å²) in [7, 11) is 0. The maximum absolute atomic E-state index is 10.6. The maximum atomic E-state index is 10.6. The normalized spacial score (nSPS) is 9.50. The van der Waals surface area contributed by atoms with Gasteiger partial charge in [0, 0.05) is 5.56 Å². The summed E-state index contributed by atoms with van der Waals surface area (Å²) in [5.41, 5.74) is -0.306. The fourth-order valence-corrected chi connectivity index (χ4v) is 1.57. The van der Waals surface area contributed by atoms with Gasteiger partial charge in [-0.2, -0.15) is 0 Å². The van der Waals surface area contributed by atoms with E-state index in [2.05, 4.69) is 15.9 Å². The number of nitro benzene ring substituents is 1. The van der Waals surface area contributed by atoms with Crippen LogP contribution in [0.5, 0.6) is 0 Å². The van der Waals surface area contributed by atoms with Gasteiger partial charge in [-0.15, -0.1) is 0 Å².